The van der Waals surface area contributed by atoms with Crippen LogP contribution in [0, 0.1) is 5.82 Å². The summed E-state index contributed by atoms with van der Waals surface area (Å²) in [5.74, 6) is 0.421. The first-order chi connectivity index (χ1) is 6.79. The number of benzene rings is 1. The summed E-state index contributed by atoms with van der Waals surface area (Å²) in [6.07, 6.45) is 0.356. The minimum absolute atomic E-state index is 0.270. The second-order valence-corrected chi connectivity index (χ2v) is 3.19. The Hall–Kier alpha value is -1.13. The quantitative estimate of drug-likeness (QED) is 0.779. The van der Waals surface area contributed by atoms with E-state index in [2.05, 4.69) is 0 Å². The molecule has 0 radical (unpaired) electrons. The molecule has 1 aromatic carbocycles. The number of nitrogens with two attached hydrogens (primary N) is 1. The van der Waals surface area contributed by atoms with Gasteiger partial charge in [-0.05, 0) is 24.7 Å². The summed E-state index contributed by atoms with van der Waals surface area (Å²) in [5, 5.41) is 0. The van der Waals surface area contributed by atoms with E-state index in [1.165, 1.54) is 12.1 Å². The van der Waals surface area contributed by atoms with Crippen LogP contribution in [-0.2, 0) is 11.3 Å². The van der Waals surface area contributed by atoms with Crippen molar-refractivity contribution in [2.24, 2.45) is 5.73 Å². The predicted molar refractivity (Wildman–Crippen MR) is 49.3 cm³/mol. The van der Waals surface area contributed by atoms with Crippen LogP contribution in [0.4, 0.5) is 4.39 Å². The molecule has 0 aromatic heterocycles. The third-order valence-corrected chi connectivity index (χ3v) is 2.11. The molecule has 2 N–H and O–H groups in total. The van der Waals surface area contributed by atoms with Crippen LogP contribution >= 0.6 is 0 Å². The molecule has 1 unspecified atom stereocenters. The first-order valence-corrected chi connectivity index (χ1v) is 4.56. The van der Waals surface area contributed by atoms with E-state index < -0.39 is 0 Å². The number of halogens is 1. The summed E-state index contributed by atoms with van der Waals surface area (Å²) in [7, 11) is 0. The molecule has 1 aliphatic rings. The van der Waals surface area contributed by atoms with E-state index in [1.54, 1.807) is 6.07 Å². The second-order valence-electron chi connectivity index (χ2n) is 3.19. The Morgan fingerprint density at radius 2 is 2.36 bits per heavy atom. The summed E-state index contributed by atoms with van der Waals surface area (Å²) in [6, 6.07) is 4.42. The van der Waals surface area contributed by atoms with Crippen molar-refractivity contribution < 1.29 is 13.9 Å². The minimum atomic E-state index is -0.294. The lowest BCUT2D eigenvalue weighted by Gasteiger charge is -2.25. The van der Waals surface area contributed by atoms with E-state index >= 15 is 0 Å². The van der Waals surface area contributed by atoms with Crippen LogP contribution in [0.3, 0.4) is 0 Å². The van der Waals surface area contributed by atoms with Gasteiger partial charge in [0.05, 0.1) is 6.61 Å². The van der Waals surface area contributed by atoms with Crippen molar-refractivity contribution in [3.63, 3.8) is 0 Å². The lowest BCUT2D eigenvalue weighted by atomic mass is 10.2. The normalized spacial score (nSPS) is 20.0. The van der Waals surface area contributed by atoms with Crippen LogP contribution in [0.25, 0.3) is 0 Å². The van der Waals surface area contributed by atoms with Crippen LogP contribution < -0.4 is 10.5 Å². The highest BCUT2D eigenvalue weighted by Gasteiger charge is 2.19. The molecule has 4 heteroatoms. The topological polar surface area (TPSA) is 44.5 Å². The standard InChI is InChI=1S/C10H12FNO2/c11-8-1-2-9-7(5-8)6-13-10(14-9)3-4-12/h1-2,5,10H,3-4,6,12H2. The van der Waals surface area contributed by atoms with Gasteiger partial charge in [-0.2, -0.15) is 0 Å². The lowest BCUT2D eigenvalue weighted by Crippen LogP contribution is -2.27. The fraction of sp³-hybridized carbons (Fsp3) is 0.400. The molecular weight excluding hydrogens is 185 g/mol. The Bertz CT molecular complexity index is 330. The minimum Gasteiger partial charge on any atom is -0.465 e. The number of hydrogen-bond acceptors (Lipinski definition) is 3. The summed E-state index contributed by atoms with van der Waals surface area (Å²) in [6.45, 7) is 0.902. The zero-order chi connectivity index (χ0) is 9.97. The first-order valence-electron chi connectivity index (χ1n) is 4.56. The van der Waals surface area contributed by atoms with Gasteiger partial charge in [0, 0.05) is 12.0 Å². The maximum Gasteiger partial charge on any atom is 0.201 e. The summed E-state index contributed by atoms with van der Waals surface area (Å²) in [4.78, 5) is 0. The van der Waals surface area contributed by atoms with Gasteiger partial charge in [0.25, 0.3) is 0 Å². The van der Waals surface area contributed by atoms with Gasteiger partial charge in [-0.3, -0.25) is 0 Å². The molecule has 0 bridgehead atoms. The second kappa shape index (κ2) is 3.94. The number of rotatable bonds is 2. The van der Waals surface area contributed by atoms with Crippen molar-refractivity contribution in [1.82, 2.24) is 0 Å². The SMILES string of the molecule is NCCC1OCc2cc(F)ccc2O1. The fourth-order valence-electron chi connectivity index (χ4n) is 1.41. The van der Waals surface area contributed by atoms with Gasteiger partial charge in [0.2, 0.25) is 6.29 Å². The van der Waals surface area contributed by atoms with Crippen molar-refractivity contribution in [1.29, 1.82) is 0 Å². The van der Waals surface area contributed by atoms with Gasteiger partial charge in [0.1, 0.15) is 11.6 Å². The largest absolute Gasteiger partial charge is 0.465 e. The average molecular weight is 197 g/mol. The summed E-state index contributed by atoms with van der Waals surface area (Å²) < 4.78 is 23.6. The molecule has 76 valence electrons. The molecule has 0 spiro atoms. The van der Waals surface area contributed by atoms with E-state index in [9.17, 15) is 4.39 Å². The molecule has 0 saturated carbocycles. The smallest absolute Gasteiger partial charge is 0.201 e. The van der Waals surface area contributed by atoms with E-state index in [4.69, 9.17) is 15.2 Å². The van der Waals surface area contributed by atoms with Crippen molar-refractivity contribution in [3.8, 4) is 5.75 Å². The Kier molecular flexibility index (Phi) is 2.65. The molecule has 1 heterocycles. The summed E-state index contributed by atoms with van der Waals surface area (Å²) in [5.41, 5.74) is 6.13. The monoisotopic (exact) mass is 197 g/mol. The van der Waals surface area contributed by atoms with E-state index in [1.807, 2.05) is 0 Å². The molecule has 0 aliphatic carbocycles. The van der Waals surface area contributed by atoms with Crippen molar-refractivity contribution in [3.05, 3.63) is 29.6 Å². The van der Waals surface area contributed by atoms with Crippen LogP contribution in [0.5, 0.6) is 5.75 Å². The molecular formula is C10H12FNO2. The Labute approximate surface area is 81.6 Å². The van der Waals surface area contributed by atoms with Crippen LogP contribution in [0.1, 0.15) is 12.0 Å². The maximum atomic E-state index is 12.8. The van der Waals surface area contributed by atoms with Crippen molar-refractivity contribution in [2.45, 2.75) is 19.3 Å². The molecule has 0 amide bonds. The zero-order valence-corrected chi connectivity index (χ0v) is 7.70. The van der Waals surface area contributed by atoms with Gasteiger partial charge in [-0.25, -0.2) is 4.39 Å². The lowest BCUT2D eigenvalue weighted by molar-refractivity contribution is -0.110. The highest BCUT2D eigenvalue weighted by atomic mass is 19.1. The average Bonchev–Trinajstić information content (AvgIpc) is 2.19. The highest BCUT2D eigenvalue weighted by molar-refractivity contribution is 5.34. The third kappa shape index (κ3) is 1.86. The Morgan fingerprint density at radius 3 is 3.14 bits per heavy atom. The molecule has 0 fully saturated rings. The number of ether oxygens (including phenoxy) is 2. The molecule has 14 heavy (non-hydrogen) atoms. The van der Waals surface area contributed by atoms with Crippen molar-refractivity contribution in [2.75, 3.05) is 6.54 Å². The summed E-state index contributed by atoms with van der Waals surface area (Å²) >= 11 is 0. The Balaban J connectivity index is 2.15. The highest BCUT2D eigenvalue weighted by Crippen LogP contribution is 2.27. The molecule has 0 saturated heterocycles. The molecule has 1 aromatic rings. The number of fused-ring (bicyclic) bond motifs is 1. The van der Waals surface area contributed by atoms with Gasteiger partial charge in [-0.1, -0.05) is 0 Å². The van der Waals surface area contributed by atoms with E-state index in [-0.39, 0.29) is 12.1 Å². The predicted octanol–water partition coefficient (Wildman–Crippen LogP) is 1.41. The Morgan fingerprint density at radius 1 is 1.50 bits per heavy atom. The maximum absolute atomic E-state index is 12.8. The van der Waals surface area contributed by atoms with E-state index in [0.29, 0.717) is 25.3 Å². The fourth-order valence-corrected chi connectivity index (χ4v) is 1.41. The number of hydrogen-bond donors (Lipinski definition) is 1. The molecule has 1 aliphatic heterocycles. The zero-order valence-electron chi connectivity index (χ0n) is 7.70. The van der Waals surface area contributed by atoms with Gasteiger partial charge in [0.15, 0.2) is 0 Å². The third-order valence-electron chi connectivity index (χ3n) is 2.11. The van der Waals surface area contributed by atoms with E-state index in [0.717, 1.165) is 5.56 Å². The van der Waals surface area contributed by atoms with Gasteiger partial charge in [-0.15, -0.1) is 0 Å². The molecule has 3 nitrogen and oxygen atoms in total. The first kappa shape index (κ1) is 9.43. The van der Waals surface area contributed by atoms with Gasteiger partial charge >= 0.3 is 0 Å². The molecule has 2 rings (SSSR count). The molecule has 1 atom stereocenters. The van der Waals surface area contributed by atoms with Crippen molar-refractivity contribution >= 4 is 0 Å². The van der Waals surface area contributed by atoms with Crippen LogP contribution in [-0.4, -0.2) is 12.8 Å². The van der Waals surface area contributed by atoms with Gasteiger partial charge < -0.3 is 15.2 Å². The van der Waals surface area contributed by atoms with Crippen LogP contribution in [0.15, 0.2) is 18.2 Å². The van der Waals surface area contributed by atoms with Crippen LogP contribution in [0.2, 0.25) is 0 Å².